The molecular formula is C21H17F3N2O5. The van der Waals surface area contributed by atoms with Gasteiger partial charge in [0, 0.05) is 17.3 Å². The van der Waals surface area contributed by atoms with Gasteiger partial charge in [-0.15, -0.1) is 13.2 Å². The Labute approximate surface area is 174 Å². The molecule has 0 saturated heterocycles. The number of aromatic carboxylic acids is 1. The van der Waals surface area contributed by atoms with Crippen LogP contribution in [0.2, 0.25) is 0 Å². The normalized spacial score (nSPS) is 11.3. The van der Waals surface area contributed by atoms with Crippen LogP contribution in [-0.2, 0) is 0 Å². The van der Waals surface area contributed by atoms with E-state index < -0.39 is 24.4 Å². The van der Waals surface area contributed by atoms with Gasteiger partial charge >= 0.3 is 12.3 Å². The molecule has 0 heterocycles. The van der Waals surface area contributed by atoms with Crippen molar-refractivity contribution in [1.29, 1.82) is 0 Å². The molecule has 0 radical (unpaired) electrons. The van der Waals surface area contributed by atoms with E-state index in [1.165, 1.54) is 30.3 Å². The first-order valence-electron chi connectivity index (χ1n) is 8.85. The maximum atomic E-state index is 12.7. The average molecular weight is 434 g/mol. The maximum absolute atomic E-state index is 12.7. The van der Waals surface area contributed by atoms with Crippen molar-refractivity contribution >= 4 is 28.7 Å². The topological polar surface area (TPSA) is 111 Å². The summed E-state index contributed by atoms with van der Waals surface area (Å²) in [6.07, 6.45) is -6.71. The van der Waals surface area contributed by atoms with Crippen LogP contribution in [0.3, 0.4) is 0 Å². The molecule has 3 aromatic carbocycles. The van der Waals surface area contributed by atoms with Gasteiger partial charge in [-0.25, -0.2) is 4.79 Å². The fourth-order valence-corrected chi connectivity index (χ4v) is 2.84. The maximum Gasteiger partial charge on any atom is 0.573 e. The molecule has 0 saturated carbocycles. The summed E-state index contributed by atoms with van der Waals surface area (Å²) in [7, 11) is 0. The number of carbonyl (C=O) groups is 1. The van der Waals surface area contributed by atoms with Crippen molar-refractivity contribution in [2.24, 2.45) is 0 Å². The van der Waals surface area contributed by atoms with E-state index in [2.05, 4.69) is 15.4 Å². The molecule has 0 spiro atoms. The molecule has 0 aromatic heterocycles. The molecule has 0 atom stereocenters. The van der Waals surface area contributed by atoms with Crippen LogP contribution in [0, 0.1) is 0 Å². The van der Waals surface area contributed by atoms with E-state index in [-0.39, 0.29) is 33.9 Å². The van der Waals surface area contributed by atoms with Crippen molar-refractivity contribution in [3.8, 4) is 5.75 Å². The summed E-state index contributed by atoms with van der Waals surface area (Å²) in [5, 5.41) is 34.2. The van der Waals surface area contributed by atoms with Gasteiger partial charge in [0.15, 0.2) is 6.29 Å². The third-order valence-electron chi connectivity index (χ3n) is 4.16. The molecule has 0 aliphatic heterocycles. The van der Waals surface area contributed by atoms with E-state index in [1.54, 1.807) is 24.3 Å². The van der Waals surface area contributed by atoms with Gasteiger partial charge in [-0.2, -0.15) is 0 Å². The van der Waals surface area contributed by atoms with Crippen LogP contribution in [0.1, 0.15) is 22.2 Å². The Balaban J connectivity index is 2.04. The quantitative estimate of drug-likeness (QED) is 0.341. The lowest BCUT2D eigenvalue weighted by molar-refractivity contribution is -0.274. The van der Waals surface area contributed by atoms with E-state index in [1.807, 2.05) is 0 Å². The molecule has 5 N–H and O–H groups in total. The van der Waals surface area contributed by atoms with E-state index >= 15 is 0 Å². The Morgan fingerprint density at radius 3 is 2.10 bits per heavy atom. The predicted octanol–water partition coefficient (Wildman–Crippen LogP) is 4.75. The second-order valence-electron chi connectivity index (χ2n) is 6.32. The summed E-state index contributed by atoms with van der Waals surface area (Å²) < 4.78 is 42.0. The van der Waals surface area contributed by atoms with Crippen molar-refractivity contribution in [3.63, 3.8) is 0 Å². The molecule has 3 rings (SSSR count). The van der Waals surface area contributed by atoms with Crippen molar-refractivity contribution in [3.05, 3.63) is 77.9 Å². The smallest absolute Gasteiger partial charge is 0.478 e. The van der Waals surface area contributed by atoms with Gasteiger partial charge in [-0.05, 0) is 30.3 Å². The fraction of sp³-hybridized carbons (Fsp3) is 0.0952. The zero-order valence-corrected chi connectivity index (χ0v) is 15.7. The van der Waals surface area contributed by atoms with Gasteiger partial charge in [0.1, 0.15) is 5.75 Å². The number of aliphatic hydroxyl groups excluding tert-OH is 1. The summed E-state index contributed by atoms with van der Waals surface area (Å²) in [4.78, 5) is 11.5. The lowest BCUT2D eigenvalue weighted by Crippen LogP contribution is -2.17. The molecule has 0 aliphatic carbocycles. The van der Waals surface area contributed by atoms with Gasteiger partial charge < -0.3 is 30.7 Å². The summed E-state index contributed by atoms with van der Waals surface area (Å²) in [5.41, 5.74) is 0.770. The molecule has 0 amide bonds. The molecular weight excluding hydrogens is 417 g/mol. The third-order valence-corrected chi connectivity index (χ3v) is 4.16. The minimum atomic E-state index is -4.92. The summed E-state index contributed by atoms with van der Waals surface area (Å²) in [6, 6.07) is 15.5. The summed E-state index contributed by atoms with van der Waals surface area (Å²) in [5.74, 6) is -1.75. The lowest BCUT2D eigenvalue weighted by atomic mass is 10.1. The highest BCUT2D eigenvalue weighted by molar-refractivity contribution is 5.96. The number of alkyl halides is 3. The first-order chi connectivity index (χ1) is 14.6. The van der Waals surface area contributed by atoms with E-state index in [4.69, 9.17) is 0 Å². The summed E-state index contributed by atoms with van der Waals surface area (Å²) >= 11 is 0. The highest BCUT2D eigenvalue weighted by Gasteiger charge is 2.31. The van der Waals surface area contributed by atoms with Crippen LogP contribution >= 0.6 is 0 Å². The van der Waals surface area contributed by atoms with E-state index in [9.17, 15) is 33.3 Å². The van der Waals surface area contributed by atoms with Gasteiger partial charge in [-0.1, -0.05) is 30.3 Å². The standard InChI is InChI=1S/C21H17F3N2O5/c22-21(23,24)31-12-9-10-17(25-15-7-3-1-5-13(15)19(27)28)18(11-12)26-16-8-4-2-6-14(16)20(29)30/h1-11,19,25-28H,(H,29,30). The van der Waals surface area contributed by atoms with Crippen LogP contribution in [0.4, 0.5) is 35.9 Å². The number of halogens is 3. The van der Waals surface area contributed by atoms with Crippen molar-refractivity contribution < 1.29 is 38.0 Å². The monoisotopic (exact) mass is 434 g/mol. The Morgan fingerprint density at radius 1 is 0.839 bits per heavy atom. The van der Waals surface area contributed by atoms with Crippen LogP contribution in [0.5, 0.6) is 5.75 Å². The number of anilines is 4. The number of carboxylic acid groups (broad SMARTS) is 1. The molecule has 0 fully saturated rings. The van der Waals surface area contributed by atoms with Crippen LogP contribution in [0.25, 0.3) is 0 Å². The largest absolute Gasteiger partial charge is 0.573 e. The van der Waals surface area contributed by atoms with E-state index in [0.717, 1.165) is 12.1 Å². The number of hydrogen-bond acceptors (Lipinski definition) is 6. The lowest BCUT2D eigenvalue weighted by Gasteiger charge is -2.19. The minimum Gasteiger partial charge on any atom is -0.478 e. The van der Waals surface area contributed by atoms with Crippen molar-refractivity contribution in [2.75, 3.05) is 10.6 Å². The number of nitrogens with one attached hydrogen (secondary N) is 2. The van der Waals surface area contributed by atoms with Crippen molar-refractivity contribution in [2.45, 2.75) is 12.7 Å². The van der Waals surface area contributed by atoms with Gasteiger partial charge in [-0.3, -0.25) is 0 Å². The highest BCUT2D eigenvalue weighted by Crippen LogP contribution is 2.36. The Kier molecular flexibility index (Phi) is 6.33. The average Bonchev–Trinajstić information content (AvgIpc) is 2.69. The number of benzene rings is 3. The van der Waals surface area contributed by atoms with Crippen LogP contribution < -0.4 is 15.4 Å². The van der Waals surface area contributed by atoms with Crippen molar-refractivity contribution in [1.82, 2.24) is 0 Å². The first kappa shape index (κ1) is 21.9. The van der Waals surface area contributed by atoms with Gasteiger partial charge in [0.05, 0.1) is 22.6 Å². The molecule has 0 unspecified atom stereocenters. The predicted molar refractivity (Wildman–Crippen MR) is 107 cm³/mol. The number of aliphatic hydroxyl groups is 2. The van der Waals surface area contributed by atoms with Gasteiger partial charge in [0.25, 0.3) is 0 Å². The van der Waals surface area contributed by atoms with Gasteiger partial charge in [0.2, 0.25) is 0 Å². The molecule has 0 bridgehead atoms. The van der Waals surface area contributed by atoms with Crippen LogP contribution in [-0.4, -0.2) is 27.7 Å². The first-order valence-corrected chi connectivity index (χ1v) is 8.85. The zero-order chi connectivity index (χ0) is 22.6. The number of para-hydroxylation sites is 2. The SMILES string of the molecule is O=C(O)c1ccccc1Nc1cc(OC(F)(F)F)ccc1Nc1ccccc1C(O)O. The number of ether oxygens (including phenoxy) is 1. The minimum absolute atomic E-state index is 0.0673. The third kappa shape index (κ3) is 5.65. The second-order valence-corrected chi connectivity index (χ2v) is 6.32. The summed E-state index contributed by atoms with van der Waals surface area (Å²) in [6.45, 7) is 0. The Hall–Kier alpha value is -3.76. The molecule has 10 heteroatoms. The number of carboxylic acids is 1. The Morgan fingerprint density at radius 2 is 1.45 bits per heavy atom. The number of rotatable bonds is 7. The zero-order valence-electron chi connectivity index (χ0n) is 15.7. The van der Waals surface area contributed by atoms with E-state index in [0.29, 0.717) is 0 Å². The Bertz CT molecular complexity index is 1090. The molecule has 0 aliphatic rings. The highest BCUT2D eigenvalue weighted by atomic mass is 19.4. The molecule has 3 aromatic rings. The molecule has 31 heavy (non-hydrogen) atoms. The van der Waals surface area contributed by atoms with Crippen LogP contribution in [0.15, 0.2) is 66.7 Å². The fourth-order valence-electron chi connectivity index (χ4n) is 2.84. The molecule has 162 valence electrons. The molecule has 7 nitrogen and oxygen atoms in total. The second kappa shape index (κ2) is 8.94. The number of hydrogen-bond donors (Lipinski definition) is 5.